The van der Waals surface area contributed by atoms with E-state index in [4.69, 9.17) is 9.47 Å². The van der Waals surface area contributed by atoms with E-state index in [0.29, 0.717) is 17.1 Å². The van der Waals surface area contributed by atoms with E-state index in [1.165, 1.54) is 6.21 Å². The number of ether oxygens (including phenoxy) is 2. The minimum absolute atomic E-state index is 0.122. The number of hydrogen-bond donors (Lipinski definition) is 2. The van der Waals surface area contributed by atoms with Crippen LogP contribution in [0, 0.1) is 5.92 Å². The van der Waals surface area contributed by atoms with Crippen molar-refractivity contribution >= 4 is 18.0 Å². The maximum Gasteiger partial charge on any atom is 0.262 e. The van der Waals surface area contributed by atoms with Gasteiger partial charge in [0, 0.05) is 11.1 Å². The van der Waals surface area contributed by atoms with Gasteiger partial charge in [0.05, 0.1) is 20.4 Å². The molecular weight excluding hydrogens is 358 g/mol. The van der Waals surface area contributed by atoms with E-state index in [9.17, 15) is 9.59 Å². The Kier molecular flexibility index (Phi) is 7.56. The molecule has 0 aromatic heterocycles. The van der Waals surface area contributed by atoms with E-state index in [1.54, 1.807) is 44.6 Å². The molecule has 0 fully saturated rings. The van der Waals surface area contributed by atoms with Gasteiger partial charge in [-0.15, -0.1) is 0 Å². The molecule has 0 aliphatic heterocycles. The Hall–Kier alpha value is -3.35. The highest BCUT2D eigenvalue weighted by Gasteiger charge is 2.24. The topological polar surface area (TPSA) is 89.0 Å². The first-order valence-electron chi connectivity index (χ1n) is 8.87. The van der Waals surface area contributed by atoms with E-state index in [-0.39, 0.29) is 11.8 Å². The normalized spacial score (nSPS) is 11.9. The van der Waals surface area contributed by atoms with Crippen LogP contribution in [0.25, 0.3) is 0 Å². The second kappa shape index (κ2) is 10.1. The van der Waals surface area contributed by atoms with Gasteiger partial charge in [-0.3, -0.25) is 9.59 Å². The first-order chi connectivity index (χ1) is 13.5. The standard InChI is InChI=1S/C21H25N3O4/c1-14(2)19(23-20(25)15-9-11-17(27-3)12-10-15)21(26)24-22-13-16-7-5-6-8-18(16)28-4/h5-14,19H,1-4H3,(H,23,25)(H,24,26)/b22-13+. The average Bonchev–Trinajstić information content (AvgIpc) is 2.71. The van der Waals surface area contributed by atoms with Gasteiger partial charge < -0.3 is 14.8 Å². The summed E-state index contributed by atoms with van der Waals surface area (Å²) in [5.41, 5.74) is 3.65. The number of carbonyl (C=O) groups is 2. The van der Waals surface area contributed by atoms with Crippen molar-refractivity contribution in [1.82, 2.24) is 10.7 Å². The molecule has 2 amide bonds. The van der Waals surface area contributed by atoms with Crippen LogP contribution in [0.5, 0.6) is 11.5 Å². The summed E-state index contributed by atoms with van der Waals surface area (Å²) in [4.78, 5) is 25.0. The number of para-hydroxylation sites is 1. The van der Waals surface area contributed by atoms with E-state index in [0.717, 1.165) is 5.56 Å². The first-order valence-corrected chi connectivity index (χ1v) is 8.87. The van der Waals surface area contributed by atoms with Crippen molar-refractivity contribution in [1.29, 1.82) is 0 Å². The van der Waals surface area contributed by atoms with Gasteiger partial charge in [0.1, 0.15) is 17.5 Å². The number of nitrogens with one attached hydrogen (secondary N) is 2. The highest BCUT2D eigenvalue weighted by molar-refractivity contribution is 5.97. The Balaban J connectivity index is 2.02. The summed E-state index contributed by atoms with van der Waals surface area (Å²) in [6.07, 6.45) is 1.50. The first kappa shape index (κ1) is 21.0. The van der Waals surface area contributed by atoms with E-state index in [2.05, 4.69) is 15.8 Å². The minimum atomic E-state index is -0.732. The molecule has 0 aliphatic carbocycles. The summed E-state index contributed by atoms with van der Waals surface area (Å²) in [6.45, 7) is 3.70. The zero-order chi connectivity index (χ0) is 20.5. The molecule has 0 aliphatic rings. The molecule has 2 rings (SSSR count). The fraction of sp³-hybridized carbons (Fsp3) is 0.286. The SMILES string of the molecule is COc1ccc(C(=O)NC(C(=O)N/N=C/c2ccccc2OC)C(C)C)cc1. The molecule has 0 saturated heterocycles. The number of methoxy groups -OCH3 is 2. The third kappa shape index (κ3) is 5.57. The Morgan fingerprint density at radius 1 is 1.00 bits per heavy atom. The molecule has 0 bridgehead atoms. The van der Waals surface area contributed by atoms with Gasteiger partial charge >= 0.3 is 0 Å². The van der Waals surface area contributed by atoms with Crippen molar-refractivity contribution in [3.05, 3.63) is 59.7 Å². The molecule has 148 valence electrons. The Morgan fingerprint density at radius 2 is 1.68 bits per heavy atom. The summed E-state index contributed by atoms with van der Waals surface area (Å²) >= 11 is 0. The fourth-order valence-corrected chi connectivity index (χ4v) is 2.51. The van der Waals surface area contributed by atoms with E-state index in [1.807, 2.05) is 32.0 Å². The van der Waals surface area contributed by atoms with Gasteiger partial charge in [0.25, 0.3) is 11.8 Å². The molecule has 2 aromatic rings. The largest absolute Gasteiger partial charge is 0.497 e. The van der Waals surface area contributed by atoms with Crippen LogP contribution in [-0.2, 0) is 4.79 Å². The second-order valence-corrected chi connectivity index (χ2v) is 6.40. The van der Waals surface area contributed by atoms with Crippen LogP contribution in [0.1, 0.15) is 29.8 Å². The number of hydrazone groups is 1. The quantitative estimate of drug-likeness (QED) is 0.542. The zero-order valence-corrected chi connectivity index (χ0v) is 16.4. The van der Waals surface area contributed by atoms with Crippen LogP contribution in [0.4, 0.5) is 0 Å². The smallest absolute Gasteiger partial charge is 0.262 e. The van der Waals surface area contributed by atoms with Gasteiger partial charge in [-0.25, -0.2) is 5.43 Å². The van der Waals surface area contributed by atoms with Gasteiger partial charge in [-0.1, -0.05) is 26.0 Å². The number of carbonyl (C=O) groups excluding carboxylic acids is 2. The third-order valence-electron chi connectivity index (χ3n) is 4.11. The van der Waals surface area contributed by atoms with Crippen LogP contribution >= 0.6 is 0 Å². The van der Waals surface area contributed by atoms with Gasteiger partial charge in [-0.2, -0.15) is 5.10 Å². The predicted octanol–water partition coefficient (Wildman–Crippen LogP) is 2.61. The highest BCUT2D eigenvalue weighted by atomic mass is 16.5. The molecule has 0 spiro atoms. The van der Waals surface area contributed by atoms with Crippen molar-refractivity contribution in [3.63, 3.8) is 0 Å². The fourth-order valence-electron chi connectivity index (χ4n) is 2.51. The maximum absolute atomic E-state index is 12.5. The van der Waals surface area contributed by atoms with Crippen LogP contribution in [0.2, 0.25) is 0 Å². The third-order valence-corrected chi connectivity index (χ3v) is 4.11. The Bertz CT molecular complexity index is 832. The van der Waals surface area contributed by atoms with Crippen molar-refractivity contribution in [2.45, 2.75) is 19.9 Å². The molecule has 2 N–H and O–H groups in total. The van der Waals surface area contributed by atoms with Crippen molar-refractivity contribution in [3.8, 4) is 11.5 Å². The summed E-state index contributed by atoms with van der Waals surface area (Å²) in [7, 11) is 3.12. The summed E-state index contributed by atoms with van der Waals surface area (Å²) in [5, 5.41) is 6.73. The lowest BCUT2D eigenvalue weighted by molar-refractivity contribution is -0.123. The summed E-state index contributed by atoms with van der Waals surface area (Å²) in [5.74, 6) is 0.436. The number of benzene rings is 2. The molecular formula is C21H25N3O4. The molecule has 0 saturated carbocycles. The van der Waals surface area contributed by atoms with Crippen LogP contribution in [0.15, 0.2) is 53.6 Å². The van der Waals surface area contributed by atoms with Crippen LogP contribution < -0.4 is 20.2 Å². The summed E-state index contributed by atoms with van der Waals surface area (Å²) < 4.78 is 10.3. The molecule has 7 heteroatoms. The zero-order valence-electron chi connectivity index (χ0n) is 16.4. The molecule has 2 aromatic carbocycles. The maximum atomic E-state index is 12.5. The monoisotopic (exact) mass is 383 g/mol. The molecule has 0 heterocycles. The Labute approximate surface area is 164 Å². The van der Waals surface area contributed by atoms with E-state index >= 15 is 0 Å². The van der Waals surface area contributed by atoms with Crippen LogP contribution in [-0.4, -0.2) is 38.3 Å². The number of amides is 2. The van der Waals surface area contributed by atoms with Crippen molar-refractivity contribution in [2.75, 3.05) is 14.2 Å². The van der Waals surface area contributed by atoms with E-state index < -0.39 is 11.9 Å². The average molecular weight is 383 g/mol. The summed E-state index contributed by atoms with van der Waals surface area (Å²) in [6, 6.07) is 13.2. The van der Waals surface area contributed by atoms with Gasteiger partial charge in [0.2, 0.25) is 0 Å². The number of nitrogens with zero attached hydrogens (tertiary/aromatic N) is 1. The lowest BCUT2D eigenvalue weighted by Gasteiger charge is -2.20. The predicted molar refractivity (Wildman–Crippen MR) is 108 cm³/mol. The van der Waals surface area contributed by atoms with Crippen LogP contribution in [0.3, 0.4) is 0 Å². The molecule has 28 heavy (non-hydrogen) atoms. The molecule has 0 radical (unpaired) electrons. The van der Waals surface area contributed by atoms with Crippen molar-refractivity contribution in [2.24, 2.45) is 11.0 Å². The number of hydrogen-bond acceptors (Lipinski definition) is 5. The van der Waals surface area contributed by atoms with Gasteiger partial charge in [0.15, 0.2) is 0 Å². The van der Waals surface area contributed by atoms with Gasteiger partial charge in [-0.05, 0) is 42.3 Å². The molecule has 7 nitrogen and oxygen atoms in total. The minimum Gasteiger partial charge on any atom is -0.497 e. The Morgan fingerprint density at radius 3 is 2.29 bits per heavy atom. The lowest BCUT2D eigenvalue weighted by Crippen LogP contribution is -2.48. The molecule has 1 atom stereocenters. The highest BCUT2D eigenvalue weighted by Crippen LogP contribution is 2.15. The number of rotatable bonds is 8. The van der Waals surface area contributed by atoms with Crippen molar-refractivity contribution < 1.29 is 19.1 Å². The second-order valence-electron chi connectivity index (χ2n) is 6.40. The molecule has 1 unspecified atom stereocenters. The lowest BCUT2D eigenvalue weighted by atomic mass is 10.0.